The molecule has 0 spiro atoms. The number of amides is 1. The van der Waals surface area contributed by atoms with E-state index >= 15 is 0 Å². The lowest BCUT2D eigenvalue weighted by atomic mass is 10.1. The van der Waals surface area contributed by atoms with Crippen LogP contribution in [0.25, 0.3) is 0 Å². The number of pyridine rings is 1. The van der Waals surface area contributed by atoms with Gasteiger partial charge < -0.3 is 22.9 Å². The number of halogens is 1. The van der Waals surface area contributed by atoms with Crippen molar-refractivity contribution in [3.63, 3.8) is 0 Å². The molecule has 21 heavy (non-hydrogen) atoms. The van der Waals surface area contributed by atoms with E-state index in [0.717, 1.165) is 13.0 Å². The largest absolute Gasteiger partial charge is 1.00 e. The summed E-state index contributed by atoms with van der Waals surface area (Å²) in [6.07, 6.45) is 12.7. The Morgan fingerprint density at radius 3 is 2.24 bits per heavy atom. The Labute approximate surface area is 134 Å². The lowest BCUT2D eigenvalue weighted by Crippen LogP contribution is -3.00. The number of hydrogen-bond donors (Lipinski definition) is 1. The molecule has 0 saturated heterocycles. The van der Waals surface area contributed by atoms with Crippen LogP contribution in [-0.4, -0.2) is 12.5 Å². The Kier molecular flexibility index (Phi) is 11.9. The summed E-state index contributed by atoms with van der Waals surface area (Å²) in [6, 6.07) is 3.42. The smallest absolute Gasteiger partial charge is 0.252 e. The quantitative estimate of drug-likeness (QED) is 0.454. The molecule has 0 aliphatic carbocycles. The first-order valence-electron chi connectivity index (χ1n) is 7.60. The predicted octanol–water partition coefficient (Wildman–Crippen LogP) is -0.198. The molecule has 0 aliphatic rings. The van der Waals surface area contributed by atoms with Crippen molar-refractivity contribution in [1.82, 2.24) is 0 Å². The number of carbonyl (C=O) groups excluding carboxylic acids is 1. The van der Waals surface area contributed by atoms with E-state index in [9.17, 15) is 4.79 Å². The molecule has 0 radical (unpaired) electrons. The Morgan fingerprint density at radius 1 is 1.10 bits per heavy atom. The molecule has 1 aromatic rings. The molecule has 0 aromatic carbocycles. The van der Waals surface area contributed by atoms with Crippen LogP contribution in [0.15, 0.2) is 24.5 Å². The standard InChI is InChI=1S/C16H26N2O2.ClH/c1-2-3-4-5-6-7-8-13-20-14-18-11-9-15(10-12-18)16(17)19;/h9-12H,2-8,13-14H2,1H3,(H-,17,19);1H. The van der Waals surface area contributed by atoms with Crippen LogP contribution < -0.4 is 22.7 Å². The molecule has 120 valence electrons. The highest BCUT2D eigenvalue weighted by Crippen LogP contribution is 2.06. The van der Waals surface area contributed by atoms with Gasteiger partial charge in [0, 0.05) is 12.1 Å². The molecule has 0 aliphatic heterocycles. The normalized spacial score (nSPS) is 10.1. The maximum Gasteiger partial charge on any atom is 0.252 e. The Bertz CT molecular complexity index is 382. The summed E-state index contributed by atoms with van der Waals surface area (Å²) >= 11 is 0. The molecule has 1 heterocycles. The number of carbonyl (C=O) groups is 1. The summed E-state index contributed by atoms with van der Waals surface area (Å²) in [5, 5.41) is 0. The summed E-state index contributed by atoms with van der Waals surface area (Å²) in [5.41, 5.74) is 5.70. The van der Waals surface area contributed by atoms with Crippen molar-refractivity contribution >= 4 is 5.91 Å². The van der Waals surface area contributed by atoms with Crippen LogP contribution in [0.1, 0.15) is 62.2 Å². The minimum absolute atomic E-state index is 0. The molecule has 0 atom stereocenters. The Balaban J connectivity index is 0.00000400. The fourth-order valence-electron chi connectivity index (χ4n) is 2.04. The number of nitrogens with zero attached hydrogens (tertiary/aromatic N) is 1. The van der Waals surface area contributed by atoms with Gasteiger partial charge in [-0.05, 0) is 6.42 Å². The van der Waals surface area contributed by atoms with Crippen LogP contribution in [0.5, 0.6) is 0 Å². The number of unbranched alkanes of at least 4 members (excludes halogenated alkanes) is 6. The molecule has 5 heteroatoms. The highest BCUT2D eigenvalue weighted by atomic mass is 35.5. The molecule has 2 N–H and O–H groups in total. The van der Waals surface area contributed by atoms with Gasteiger partial charge in [-0.3, -0.25) is 4.79 Å². The molecular formula is C16H27ClN2O2. The first-order chi connectivity index (χ1) is 9.74. The van der Waals surface area contributed by atoms with E-state index in [4.69, 9.17) is 10.5 Å². The first kappa shape index (κ1) is 19.9. The van der Waals surface area contributed by atoms with Crippen LogP contribution in [0.4, 0.5) is 0 Å². The van der Waals surface area contributed by atoms with Gasteiger partial charge >= 0.3 is 0 Å². The van der Waals surface area contributed by atoms with Gasteiger partial charge in [0.2, 0.25) is 5.91 Å². The van der Waals surface area contributed by atoms with Gasteiger partial charge in [0.25, 0.3) is 6.73 Å². The number of ether oxygens (including phenoxy) is 1. The average Bonchev–Trinajstić information content (AvgIpc) is 2.46. The highest BCUT2D eigenvalue weighted by molar-refractivity contribution is 5.92. The van der Waals surface area contributed by atoms with Crippen molar-refractivity contribution in [3.05, 3.63) is 30.1 Å². The summed E-state index contributed by atoms with van der Waals surface area (Å²) in [5.74, 6) is -0.402. The molecule has 4 nitrogen and oxygen atoms in total. The van der Waals surface area contributed by atoms with Crippen LogP contribution in [0.2, 0.25) is 0 Å². The van der Waals surface area contributed by atoms with Crippen molar-refractivity contribution in [3.8, 4) is 0 Å². The molecule has 0 bridgehead atoms. The lowest BCUT2D eigenvalue weighted by Gasteiger charge is -2.02. The molecule has 1 rings (SSSR count). The van der Waals surface area contributed by atoms with E-state index in [1.54, 1.807) is 12.1 Å². The summed E-state index contributed by atoms with van der Waals surface area (Å²) in [4.78, 5) is 10.9. The van der Waals surface area contributed by atoms with Crippen LogP contribution in [0.3, 0.4) is 0 Å². The molecule has 0 unspecified atom stereocenters. The van der Waals surface area contributed by atoms with Gasteiger partial charge in [0.05, 0.1) is 12.2 Å². The second-order valence-electron chi connectivity index (χ2n) is 5.12. The van der Waals surface area contributed by atoms with E-state index in [1.807, 2.05) is 17.0 Å². The molecule has 1 amide bonds. The van der Waals surface area contributed by atoms with Gasteiger partial charge in [-0.1, -0.05) is 45.4 Å². The van der Waals surface area contributed by atoms with Crippen LogP contribution in [0, 0.1) is 0 Å². The summed E-state index contributed by atoms with van der Waals surface area (Å²) in [6.45, 7) is 3.55. The summed E-state index contributed by atoms with van der Waals surface area (Å²) < 4.78 is 7.49. The van der Waals surface area contributed by atoms with E-state index < -0.39 is 5.91 Å². The Morgan fingerprint density at radius 2 is 1.67 bits per heavy atom. The van der Waals surface area contributed by atoms with E-state index in [1.165, 1.54) is 38.5 Å². The average molecular weight is 315 g/mol. The third-order valence-electron chi connectivity index (χ3n) is 3.31. The van der Waals surface area contributed by atoms with E-state index in [-0.39, 0.29) is 12.4 Å². The number of rotatable bonds is 11. The second kappa shape index (κ2) is 12.6. The minimum atomic E-state index is -0.402. The maximum absolute atomic E-state index is 10.9. The Hall–Kier alpha value is -1.13. The minimum Gasteiger partial charge on any atom is -1.00 e. The molecule has 0 saturated carbocycles. The van der Waals surface area contributed by atoms with Crippen LogP contribution in [-0.2, 0) is 11.5 Å². The highest BCUT2D eigenvalue weighted by Gasteiger charge is 2.04. The van der Waals surface area contributed by atoms with Crippen molar-refractivity contribution in [2.75, 3.05) is 6.61 Å². The third-order valence-corrected chi connectivity index (χ3v) is 3.31. The van der Waals surface area contributed by atoms with Gasteiger partial charge in [-0.2, -0.15) is 4.57 Å². The molecule has 1 aromatic heterocycles. The SMILES string of the molecule is CCCCCCCCCOC[n+]1ccc(C(N)=O)cc1.[Cl-]. The van der Waals surface area contributed by atoms with Gasteiger partial charge in [-0.15, -0.1) is 0 Å². The molecular weight excluding hydrogens is 288 g/mol. The number of nitrogens with two attached hydrogens (primary N) is 1. The maximum atomic E-state index is 10.9. The fourth-order valence-corrected chi connectivity index (χ4v) is 2.04. The third kappa shape index (κ3) is 9.43. The van der Waals surface area contributed by atoms with E-state index in [2.05, 4.69) is 6.92 Å². The van der Waals surface area contributed by atoms with Crippen molar-refractivity contribution in [2.24, 2.45) is 5.73 Å². The number of hydrogen-bond acceptors (Lipinski definition) is 2. The zero-order chi connectivity index (χ0) is 14.6. The predicted molar refractivity (Wildman–Crippen MR) is 79.1 cm³/mol. The topological polar surface area (TPSA) is 56.2 Å². The first-order valence-corrected chi connectivity index (χ1v) is 7.60. The van der Waals surface area contributed by atoms with Gasteiger partial charge in [-0.25, -0.2) is 0 Å². The van der Waals surface area contributed by atoms with Crippen molar-refractivity contribution in [1.29, 1.82) is 0 Å². The zero-order valence-corrected chi connectivity index (χ0v) is 13.6. The van der Waals surface area contributed by atoms with E-state index in [0.29, 0.717) is 12.3 Å². The fraction of sp³-hybridized carbons (Fsp3) is 0.625. The monoisotopic (exact) mass is 314 g/mol. The zero-order valence-electron chi connectivity index (χ0n) is 12.9. The number of primary amides is 1. The van der Waals surface area contributed by atoms with Crippen molar-refractivity contribution in [2.45, 2.75) is 58.6 Å². The van der Waals surface area contributed by atoms with Gasteiger partial charge in [0.1, 0.15) is 0 Å². The number of aromatic nitrogens is 1. The van der Waals surface area contributed by atoms with Gasteiger partial charge in [0.15, 0.2) is 12.4 Å². The van der Waals surface area contributed by atoms with Crippen LogP contribution >= 0.6 is 0 Å². The molecule has 0 fully saturated rings. The van der Waals surface area contributed by atoms with Crippen molar-refractivity contribution < 1.29 is 26.5 Å². The lowest BCUT2D eigenvalue weighted by molar-refractivity contribution is -0.732. The summed E-state index contributed by atoms with van der Waals surface area (Å²) in [7, 11) is 0. The second-order valence-corrected chi connectivity index (χ2v) is 5.12.